The predicted octanol–water partition coefficient (Wildman–Crippen LogP) is 2.44. The maximum absolute atomic E-state index is 12.1. The lowest BCUT2D eigenvalue weighted by Gasteiger charge is -2.14. The van der Waals surface area contributed by atoms with Gasteiger partial charge in [-0.2, -0.15) is 0 Å². The Bertz CT molecular complexity index is 694. The summed E-state index contributed by atoms with van der Waals surface area (Å²) in [6, 6.07) is 9.05. The van der Waals surface area contributed by atoms with Crippen molar-refractivity contribution >= 4 is 5.91 Å². The largest absolute Gasteiger partial charge is 0.481 e. The molecule has 1 N–H and O–H groups in total. The molecule has 1 unspecified atom stereocenters. The van der Waals surface area contributed by atoms with Crippen molar-refractivity contribution in [3.05, 3.63) is 41.9 Å². The van der Waals surface area contributed by atoms with Gasteiger partial charge in [-0.15, -0.1) is 0 Å². The van der Waals surface area contributed by atoms with Crippen LogP contribution in [0.2, 0.25) is 0 Å². The highest BCUT2D eigenvalue weighted by molar-refractivity contribution is 5.80. The van der Waals surface area contributed by atoms with Crippen molar-refractivity contribution < 1.29 is 23.4 Å². The minimum Gasteiger partial charge on any atom is -0.481 e. The number of nitrogens with one attached hydrogen (secondary N) is 1. The first-order valence-corrected chi connectivity index (χ1v) is 7.51. The summed E-state index contributed by atoms with van der Waals surface area (Å²) >= 11 is 0. The Kier molecular flexibility index (Phi) is 4.41. The maximum atomic E-state index is 12.1. The van der Waals surface area contributed by atoms with Gasteiger partial charge in [-0.1, -0.05) is 0 Å². The Balaban J connectivity index is 1.47. The molecule has 0 saturated carbocycles. The van der Waals surface area contributed by atoms with Crippen molar-refractivity contribution in [1.29, 1.82) is 0 Å². The molecule has 2 heterocycles. The molecule has 0 saturated heterocycles. The SMILES string of the molecule is Cc1ccc(CCNC(=O)C(C)Oc2ccc3c(c2)OCO3)o1. The lowest BCUT2D eigenvalue weighted by atomic mass is 10.3. The fourth-order valence-corrected chi connectivity index (χ4v) is 2.28. The summed E-state index contributed by atoms with van der Waals surface area (Å²) in [5.74, 6) is 3.42. The van der Waals surface area contributed by atoms with Crippen LogP contribution in [0.5, 0.6) is 17.2 Å². The van der Waals surface area contributed by atoms with Crippen molar-refractivity contribution in [2.24, 2.45) is 0 Å². The number of benzene rings is 1. The Morgan fingerprint density at radius 1 is 1.26 bits per heavy atom. The van der Waals surface area contributed by atoms with Crippen LogP contribution in [0.25, 0.3) is 0 Å². The number of ether oxygens (including phenoxy) is 3. The quantitative estimate of drug-likeness (QED) is 0.886. The van der Waals surface area contributed by atoms with Gasteiger partial charge in [0.1, 0.15) is 17.3 Å². The van der Waals surface area contributed by atoms with Crippen LogP contribution in [0.1, 0.15) is 18.4 Å². The van der Waals surface area contributed by atoms with Crippen LogP contribution >= 0.6 is 0 Å². The number of amides is 1. The van der Waals surface area contributed by atoms with Gasteiger partial charge in [0.2, 0.25) is 6.79 Å². The number of fused-ring (bicyclic) bond motifs is 1. The molecule has 1 aliphatic heterocycles. The highest BCUT2D eigenvalue weighted by atomic mass is 16.7. The number of carbonyl (C=O) groups is 1. The Labute approximate surface area is 134 Å². The summed E-state index contributed by atoms with van der Waals surface area (Å²) in [5, 5.41) is 2.83. The maximum Gasteiger partial charge on any atom is 0.260 e. The number of carbonyl (C=O) groups excluding carboxylic acids is 1. The molecule has 0 aliphatic carbocycles. The van der Waals surface area contributed by atoms with E-state index in [0.29, 0.717) is 30.2 Å². The van der Waals surface area contributed by atoms with Crippen molar-refractivity contribution in [3.8, 4) is 17.2 Å². The second kappa shape index (κ2) is 6.64. The zero-order valence-electron chi connectivity index (χ0n) is 13.1. The monoisotopic (exact) mass is 317 g/mol. The third-order valence-corrected chi connectivity index (χ3v) is 3.49. The van der Waals surface area contributed by atoms with Crippen LogP contribution in [0.4, 0.5) is 0 Å². The summed E-state index contributed by atoms with van der Waals surface area (Å²) in [7, 11) is 0. The van der Waals surface area contributed by atoms with Gasteiger partial charge in [-0.25, -0.2) is 0 Å². The van der Waals surface area contributed by atoms with E-state index >= 15 is 0 Å². The standard InChI is InChI=1S/C17H19NO5/c1-11-3-4-13(22-11)7-8-18-17(19)12(2)23-14-5-6-15-16(9-14)21-10-20-15/h3-6,9,12H,7-8,10H2,1-2H3,(H,18,19). The molecule has 0 radical (unpaired) electrons. The Hall–Kier alpha value is -2.63. The van der Waals surface area contributed by atoms with Gasteiger partial charge in [0.05, 0.1) is 0 Å². The van der Waals surface area contributed by atoms with Crippen molar-refractivity contribution in [2.45, 2.75) is 26.4 Å². The van der Waals surface area contributed by atoms with Crippen molar-refractivity contribution in [3.63, 3.8) is 0 Å². The van der Waals surface area contributed by atoms with Gasteiger partial charge in [0.15, 0.2) is 17.6 Å². The van der Waals surface area contributed by atoms with E-state index < -0.39 is 6.10 Å². The molecule has 0 spiro atoms. The van der Waals surface area contributed by atoms with E-state index in [9.17, 15) is 4.79 Å². The first-order chi connectivity index (χ1) is 11.1. The third-order valence-electron chi connectivity index (χ3n) is 3.49. The van der Waals surface area contributed by atoms with E-state index in [1.807, 2.05) is 19.1 Å². The summed E-state index contributed by atoms with van der Waals surface area (Å²) in [5.41, 5.74) is 0. The fraction of sp³-hybridized carbons (Fsp3) is 0.353. The molecule has 1 atom stereocenters. The summed E-state index contributed by atoms with van der Waals surface area (Å²) < 4.78 is 21.6. The first-order valence-electron chi connectivity index (χ1n) is 7.51. The molecule has 1 aromatic carbocycles. The number of hydrogen-bond donors (Lipinski definition) is 1. The van der Waals surface area contributed by atoms with Gasteiger partial charge in [0.25, 0.3) is 5.91 Å². The molecular weight excluding hydrogens is 298 g/mol. The molecule has 1 aromatic heterocycles. The molecule has 2 aromatic rings. The van der Waals surface area contributed by atoms with Gasteiger partial charge in [0, 0.05) is 19.0 Å². The summed E-state index contributed by atoms with van der Waals surface area (Å²) in [6.45, 7) is 4.31. The van der Waals surface area contributed by atoms with E-state index in [2.05, 4.69) is 5.32 Å². The molecule has 0 bridgehead atoms. The molecular formula is C17H19NO5. The minimum absolute atomic E-state index is 0.175. The van der Waals surface area contributed by atoms with Crippen LogP contribution in [0.15, 0.2) is 34.7 Å². The number of rotatable bonds is 6. The molecule has 23 heavy (non-hydrogen) atoms. The molecule has 122 valence electrons. The van der Waals surface area contributed by atoms with E-state index in [1.54, 1.807) is 25.1 Å². The fourth-order valence-electron chi connectivity index (χ4n) is 2.28. The zero-order chi connectivity index (χ0) is 16.2. The van der Waals surface area contributed by atoms with Crippen molar-refractivity contribution in [2.75, 3.05) is 13.3 Å². The second-order valence-corrected chi connectivity index (χ2v) is 5.33. The topological polar surface area (TPSA) is 69.9 Å². The smallest absolute Gasteiger partial charge is 0.260 e. The molecule has 3 rings (SSSR count). The predicted molar refractivity (Wildman–Crippen MR) is 82.8 cm³/mol. The lowest BCUT2D eigenvalue weighted by Crippen LogP contribution is -2.37. The molecule has 6 nitrogen and oxygen atoms in total. The molecule has 1 aliphatic rings. The Morgan fingerprint density at radius 2 is 2.09 bits per heavy atom. The van der Waals surface area contributed by atoms with Crippen LogP contribution in [-0.4, -0.2) is 25.3 Å². The van der Waals surface area contributed by atoms with Gasteiger partial charge in [-0.05, 0) is 38.1 Å². The molecule has 1 amide bonds. The molecule has 0 fully saturated rings. The summed E-state index contributed by atoms with van der Waals surface area (Å²) in [6.07, 6.45) is 0.0461. The number of furan rings is 1. The second-order valence-electron chi connectivity index (χ2n) is 5.33. The normalized spacial score (nSPS) is 13.7. The van der Waals surface area contributed by atoms with Crippen molar-refractivity contribution in [1.82, 2.24) is 5.32 Å². The minimum atomic E-state index is -0.603. The average Bonchev–Trinajstić information content (AvgIpc) is 3.15. The number of aryl methyl sites for hydroxylation is 1. The number of hydrogen-bond acceptors (Lipinski definition) is 5. The van der Waals surface area contributed by atoms with Crippen LogP contribution in [0, 0.1) is 6.92 Å². The van der Waals surface area contributed by atoms with Crippen LogP contribution < -0.4 is 19.5 Å². The van der Waals surface area contributed by atoms with Gasteiger partial charge in [-0.3, -0.25) is 4.79 Å². The van der Waals surface area contributed by atoms with E-state index in [1.165, 1.54) is 0 Å². The van der Waals surface area contributed by atoms with Gasteiger partial charge < -0.3 is 23.9 Å². The van der Waals surface area contributed by atoms with E-state index in [4.69, 9.17) is 18.6 Å². The average molecular weight is 317 g/mol. The van der Waals surface area contributed by atoms with E-state index in [0.717, 1.165) is 11.5 Å². The summed E-state index contributed by atoms with van der Waals surface area (Å²) in [4.78, 5) is 12.1. The van der Waals surface area contributed by atoms with Crippen LogP contribution in [-0.2, 0) is 11.2 Å². The highest BCUT2D eigenvalue weighted by Gasteiger charge is 2.18. The lowest BCUT2D eigenvalue weighted by molar-refractivity contribution is -0.127. The molecule has 6 heteroatoms. The van der Waals surface area contributed by atoms with Crippen LogP contribution in [0.3, 0.4) is 0 Å². The zero-order valence-corrected chi connectivity index (χ0v) is 13.1. The Morgan fingerprint density at radius 3 is 2.87 bits per heavy atom. The first kappa shape index (κ1) is 15.3. The third kappa shape index (κ3) is 3.77. The van der Waals surface area contributed by atoms with Gasteiger partial charge >= 0.3 is 0 Å². The highest BCUT2D eigenvalue weighted by Crippen LogP contribution is 2.35. The van der Waals surface area contributed by atoms with E-state index in [-0.39, 0.29) is 12.7 Å².